The van der Waals surface area contributed by atoms with Crippen LogP contribution >= 0.6 is 11.6 Å². The minimum atomic E-state index is -2.83. The first-order chi connectivity index (χ1) is 15.8. The van der Waals surface area contributed by atoms with E-state index in [-0.39, 0.29) is 42.4 Å². The number of amides is 2. The molecule has 0 radical (unpaired) electrons. The molecule has 2 amide bonds. The molecule has 0 bridgehead atoms. The lowest BCUT2D eigenvalue weighted by atomic mass is 10.0. The predicted molar refractivity (Wildman–Crippen MR) is 118 cm³/mol. The zero-order valence-electron chi connectivity index (χ0n) is 17.2. The van der Waals surface area contributed by atoms with Gasteiger partial charge in [0.1, 0.15) is 11.7 Å². The SMILES string of the molecule is [C-]#[N+]c1ccc(CC(=O)N2Cc3c(C(N)=O)c(-c4cccc(Cl)c4)nn3C(C(F)F)C2)cc1. The molecule has 0 saturated heterocycles. The van der Waals surface area contributed by atoms with Crippen LogP contribution in [0.1, 0.15) is 27.7 Å². The van der Waals surface area contributed by atoms with Crippen LogP contribution in [0, 0.1) is 6.57 Å². The summed E-state index contributed by atoms with van der Waals surface area (Å²) in [5.74, 6) is -1.22. The number of rotatable bonds is 5. The van der Waals surface area contributed by atoms with Crippen molar-refractivity contribution in [2.24, 2.45) is 5.73 Å². The third kappa shape index (κ3) is 4.43. The fourth-order valence-electron chi connectivity index (χ4n) is 3.89. The van der Waals surface area contributed by atoms with Gasteiger partial charge in [0, 0.05) is 17.1 Å². The molecule has 4 rings (SSSR count). The van der Waals surface area contributed by atoms with E-state index in [2.05, 4.69) is 9.94 Å². The quantitative estimate of drug-likeness (QED) is 0.567. The average Bonchev–Trinajstić information content (AvgIpc) is 3.18. The van der Waals surface area contributed by atoms with E-state index in [4.69, 9.17) is 23.9 Å². The van der Waals surface area contributed by atoms with Crippen molar-refractivity contribution in [2.75, 3.05) is 6.54 Å². The molecule has 0 saturated carbocycles. The molecular formula is C23H18ClF2N5O2. The molecule has 3 aromatic rings. The number of carbonyl (C=O) groups excluding carboxylic acids is 2. The van der Waals surface area contributed by atoms with Crippen LogP contribution in [0.25, 0.3) is 16.1 Å². The zero-order chi connectivity index (χ0) is 23.7. The van der Waals surface area contributed by atoms with Gasteiger partial charge in [0.05, 0.1) is 30.8 Å². The molecule has 0 aliphatic carbocycles. The second kappa shape index (κ2) is 9.00. The standard InChI is InChI=1S/C23H18ClF2N5O2/c1-28-16-7-5-13(6-8-16)9-19(32)30-11-17-20(23(27)33)21(14-3-2-4-15(24)10-14)29-31(17)18(12-30)22(25)26/h2-8,10,18,22H,9,11-12H2,(H2,27,33). The van der Waals surface area contributed by atoms with Gasteiger partial charge in [0.25, 0.3) is 12.3 Å². The van der Waals surface area contributed by atoms with Crippen molar-refractivity contribution in [1.82, 2.24) is 14.7 Å². The van der Waals surface area contributed by atoms with E-state index < -0.39 is 18.4 Å². The molecule has 1 aromatic heterocycles. The summed E-state index contributed by atoms with van der Waals surface area (Å²) in [4.78, 5) is 29.9. The van der Waals surface area contributed by atoms with Crippen molar-refractivity contribution >= 4 is 29.1 Å². The number of carbonyl (C=O) groups is 2. The number of hydrogen-bond acceptors (Lipinski definition) is 3. The monoisotopic (exact) mass is 469 g/mol. The molecule has 7 nitrogen and oxygen atoms in total. The van der Waals surface area contributed by atoms with Gasteiger partial charge in [-0.3, -0.25) is 14.3 Å². The summed E-state index contributed by atoms with van der Waals surface area (Å²) in [6, 6.07) is 11.5. The van der Waals surface area contributed by atoms with Crippen molar-refractivity contribution in [1.29, 1.82) is 0 Å². The number of hydrogen-bond donors (Lipinski definition) is 1. The lowest BCUT2D eigenvalue weighted by Gasteiger charge is -2.34. The number of alkyl halides is 2. The molecule has 10 heteroatoms. The van der Waals surface area contributed by atoms with E-state index in [1.54, 1.807) is 48.5 Å². The molecule has 1 unspecified atom stereocenters. The number of nitrogens with two attached hydrogens (primary N) is 1. The van der Waals surface area contributed by atoms with Crippen LogP contribution in [0.4, 0.5) is 14.5 Å². The fourth-order valence-corrected chi connectivity index (χ4v) is 4.08. The molecule has 1 aliphatic heterocycles. The summed E-state index contributed by atoms with van der Waals surface area (Å²) in [6.07, 6.45) is -2.86. The number of primary amides is 1. The number of aromatic nitrogens is 2. The molecule has 168 valence electrons. The first-order valence-electron chi connectivity index (χ1n) is 9.98. The van der Waals surface area contributed by atoms with Crippen LogP contribution in [-0.2, 0) is 17.8 Å². The lowest BCUT2D eigenvalue weighted by molar-refractivity contribution is -0.133. The van der Waals surface area contributed by atoms with Gasteiger partial charge in [0.15, 0.2) is 5.69 Å². The molecule has 2 heterocycles. The molecule has 0 spiro atoms. The van der Waals surface area contributed by atoms with Crippen molar-refractivity contribution in [2.45, 2.75) is 25.4 Å². The smallest absolute Gasteiger partial charge is 0.262 e. The van der Waals surface area contributed by atoms with Crippen molar-refractivity contribution in [3.8, 4) is 11.3 Å². The predicted octanol–water partition coefficient (Wildman–Crippen LogP) is 4.24. The highest BCUT2D eigenvalue weighted by Crippen LogP contribution is 2.34. The second-order valence-electron chi connectivity index (χ2n) is 7.62. The van der Waals surface area contributed by atoms with Gasteiger partial charge >= 0.3 is 0 Å². The van der Waals surface area contributed by atoms with Gasteiger partial charge in [-0.2, -0.15) is 5.10 Å². The summed E-state index contributed by atoms with van der Waals surface area (Å²) >= 11 is 6.05. The van der Waals surface area contributed by atoms with Crippen LogP contribution in [0.2, 0.25) is 5.02 Å². The molecule has 2 aromatic carbocycles. The summed E-state index contributed by atoms with van der Waals surface area (Å²) < 4.78 is 29.1. The first-order valence-corrected chi connectivity index (χ1v) is 10.4. The Hall–Kier alpha value is -3.77. The maximum Gasteiger partial charge on any atom is 0.262 e. The van der Waals surface area contributed by atoms with E-state index in [1.807, 2.05) is 0 Å². The van der Waals surface area contributed by atoms with Gasteiger partial charge in [0.2, 0.25) is 5.91 Å². The van der Waals surface area contributed by atoms with Crippen molar-refractivity contribution in [3.63, 3.8) is 0 Å². The maximum absolute atomic E-state index is 14.0. The van der Waals surface area contributed by atoms with Crippen molar-refractivity contribution in [3.05, 3.63) is 81.8 Å². The van der Waals surface area contributed by atoms with E-state index in [9.17, 15) is 18.4 Å². The Morgan fingerprint density at radius 3 is 2.58 bits per heavy atom. The fraction of sp³-hybridized carbons (Fsp3) is 0.217. The van der Waals surface area contributed by atoms with E-state index >= 15 is 0 Å². The highest BCUT2D eigenvalue weighted by atomic mass is 35.5. The summed E-state index contributed by atoms with van der Waals surface area (Å²) in [7, 11) is 0. The maximum atomic E-state index is 14.0. The van der Waals surface area contributed by atoms with E-state index in [0.29, 0.717) is 21.8 Å². The number of halogens is 3. The highest BCUT2D eigenvalue weighted by Gasteiger charge is 2.38. The Bertz CT molecular complexity index is 1270. The Morgan fingerprint density at radius 2 is 1.97 bits per heavy atom. The molecule has 0 fully saturated rings. The van der Waals surface area contributed by atoms with Crippen LogP contribution in [0.5, 0.6) is 0 Å². The zero-order valence-corrected chi connectivity index (χ0v) is 18.0. The number of nitrogens with zero attached hydrogens (tertiary/aromatic N) is 4. The van der Waals surface area contributed by atoms with Crippen LogP contribution in [0.3, 0.4) is 0 Å². The Balaban J connectivity index is 1.71. The van der Waals surface area contributed by atoms with E-state index in [0.717, 1.165) is 4.68 Å². The lowest BCUT2D eigenvalue weighted by Crippen LogP contribution is -2.44. The summed E-state index contributed by atoms with van der Waals surface area (Å²) in [5, 5.41) is 4.68. The third-order valence-corrected chi connectivity index (χ3v) is 5.72. The minimum absolute atomic E-state index is 0.0122. The third-order valence-electron chi connectivity index (χ3n) is 5.48. The van der Waals surface area contributed by atoms with Crippen LogP contribution < -0.4 is 5.73 Å². The molecule has 33 heavy (non-hydrogen) atoms. The first kappa shape index (κ1) is 22.4. The number of fused-ring (bicyclic) bond motifs is 1. The Labute approximate surface area is 193 Å². The van der Waals surface area contributed by atoms with Crippen LogP contribution in [-0.4, -0.2) is 39.5 Å². The largest absolute Gasteiger partial charge is 0.365 e. The van der Waals surface area contributed by atoms with Gasteiger partial charge in [-0.1, -0.05) is 48.0 Å². The Kier molecular flexibility index (Phi) is 6.11. The average molecular weight is 470 g/mol. The van der Waals surface area contributed by atoms with Crippen LogP contribution in [0.15, 0.2) is 48.5 Å². The van der Waals surface area contributed by atoms with Gasteiger partial charge in [-0.25, -0.2) is 13.6 Å². The van der Waals surface area contributed by atoms with Gasteiger partial charge in [-0.15, -0.1) is 0 Å². The molecule has 2 N–H and O–H groups in total. The van der Waals surface area contributed by atoms with Gasteiger partial charge in [-0.05, 0) is 17.7 Å². The normalized spacial score (nSPS) is 15.2. The molecule has 1 atom stereocenters. The molecular weight excluding hydrogens is 452 g/mol. The summed E-state index contributed by atoms with van der Waals surface area (Å²) in [5.41, 5.74) is 7.45. The molecule has 1 aliphatic rings. The van der Waals surface area contributed by atoms with Crippen molar-refractivity contribution < 1.29 is 18.4 Å². The second-order valence-corrected chi connectivity index (χ2v) is 8.06. The number of benzene rings is 2. The minimum Gasteiger partial charge on any atom is -0.365 e. The topological polar surface area (TPSA) is 85.6 Å². The summed E-state index contributed by atoms with van der Waals surface area (Å²) in [6.45, 7) is 6.65. The Morgan fingerprint density at radius 1 is 1.24 bits per heavy atom. The highest BCUT2D eigenvalue weighted by molar-refractivity contribution is 6.30. The van der Waals surface area contributed by atoms with E-state index in [1.165, 1.54) is 4.90 Å². The van der Waals surface area contributed by atoms with Gasteiger partial charge < -0.3 is 10.6 Å².